The van der Waals surface area contributed by atoms with Gasteiger partial charge in [-0.2, -0.15) is 0 Å². The Bertz CT molecular complexity index is 381. The molecule has 0 aromatic heterocycles. The molecule has 0 N–H and O–H groups in total. The maximum Gasteiger partial charge on any atom is 0.176 e. The lowest BCUT2D eigenvalue weighted by atomic mass is 10.0. The van der Waals surface area contributed by atoms with Gasteiger partial charge >= 0.3 is 0 Å². The monoisotopic (exact) mass is 247 g/mol. The summed E-state index contributed by atoms with van der Waals surface area (Å²) in [6.45, 7) is 9.11. The largest absolute Gasteiger partial charge is 0.296 e. The second kappa shape index (κ2) is 6.69. The first kappa shape index (κ1) is 14.9. The molecule has 100 valence electrons. The van der Waals surface area contributed by atoms with E-state index in [1.807, 2.05) is 19.2 Å². The van der Waals surface area contributed by atoms with Crippen LogP contribution < -0.4 is 0 Å². The molecule has 0 spiro atoms. The molecule has 1 atom stereocenters. The highest BCUT2D eigenvalue weighted by Crippen LogP contribution is 2.15. The van der Waals surface area contributed by atoms with Crippen molar-refractivity contribution in [1.82, 2.24) is 4.90 Å². The summed E-state index contributed by atoms with van der Waals surface area (Å²) in [5.41, 5.74) is 2.09. The normalized spacial score (nSPS) is 13.1. The molecule has 0 amide bonds. The van der Waals surface area contributed by atoms with E-state index in [2.05, 4.69) is 44.7 Å². The summed E-state index contributed by atoms with van der Waals surface area (Å²) < 4.78 is 0. The van der Waals surface area contributed by atoms with E-state index in [-0.39, 0.29) is 5.78 Å². The summed E-state index contributed by atoms with van der Waals surface area (Å²) in [4.78, 5) is 14.2. The van der Waals surface area contributed by atoms with E-state index in [9.17, 15) is 4.79 Å². The van der Waals surface area contributed by atoms with E-state index >= 15 is 0 Å². The van der Waals surface area contributed by atoms with E-state index in [0.717, 1.165) is 12.0 Å². The van der Waals surface area contributed by atoms with Crippen molar-refractivity contribution in [1.29, 1.82) is 0 Å². The summed E-state index contributed by atoms with van der Waals surface area (Å²) in [5, 5.41) is 0. The van der Waals surface area contributed by atoms with Gasteiger partial charge in [0, 0.05) is 11.6 Å². The van der Waals surface area contributed by atoms with Gasteiger partial charge in [-0.3, -0.25) is 9.69 Å². The van der Waals surface area contributed by atoms with Crippen LogP contribution in [-0.4, -0.2) is 30.3 Å². The van der Waals surface area contributed by atoms with Crippen LogP contribution in [0.1, 0.15) is 56.0 Å². The zero-order chi connectivity index (χ0) is 13.7. The first-order valence-corrected chi connectivity index (χ1v) is 6.79. The minimum Gasteiger partial charge on any atom is -0.296 e. The maximum absolute atomic E-state index is 12.1. The Hall–Kier alpha value is -1.15. The van der Waals surface area contributed by atoms with Gasteiger partial charge in [0.15, 0.2) is 5.78 Å². The van der Waals surface area contributed by atoms with Crippen LogP contribution in [0.2, 0.25) is 0 Å². The molecule has 0 heterocycles. The number of carbonyl (C=O) groups excluding carboxylic acids is 1. The predicted molar refractivity (Wildman–Crippen MR) is 77.2 cm³/mol. The molecule has 1 aromatic carbocycles. The lowest BCUT2D eigenvalue weighted by Crippen LogP contribution is -2.33. The number of carbonyl (C=O) groups is 1. The lowest BCUT2D eigenvalue weighted by molar-refractivity contribution is 0.0923. The van der Waals surface area contributed by atoms with Crippen LogP contribution in [-0.2, 0) is 0 Å². The van der Waals surface area contributed by atoms with E-state index in [0.29, 0.717) is 18.5 Å². The van der Waals surface area contributed by atoms with E-state index in [4.69, 9.17) is 0 Å². The molecular formula is C16H25NO. The molecular weight excluding hydrogens is 222 g/mol. The van der Waals surface area contributed by atoms with Gasteiger partial charge in [0.25, 0.3) is 0 Å². The van der Waals surface area contributed by atoms with Crippen LogP contribution in [0.5, 0.6) is 0 Å². The topological polar surface area (TPSA) is 20.3 Å². The van der Waals surface area contributed by atoms with Crippen LogP contribution in [0.25, 0.3) is 0 Å². The molecule has 0 aliphatic heterocycles. The highest BCUT2D eigenvalue weighted by molar-refractivity contribution is 5.97. The molecule has 1 unspecified atom stereocenters. The fourth-order valence-electron chi connectivity index (χ4n) is 1.84. The average Bonchev–Trinajstić information content (AvgIpc) is 2.37. The number of hydrogen-bond donors (Lipinski definition) is 0. The van der Waals surface area contributed by atoms with E-state index < -0.39 is 0 Å². The number of hydrogen-bond acceptors (Lipinski definition) is 2. The van der Waals surface area contributed by atoms with Crippen molar-refractivity contribution in [3.05, 3.63) is 35.4 Å². The van der Waals surface area contributed by atoms with Crippen molar-refractivity contribution in [2.75, 3.05) is 13.6 Å². The Morgan fingerprint density at radius 2 is 1.72 bits per heavy atom. The van der Waals surface area contributed by atoms with Gasteiger partial charge in [-0.05, 0) is 31.9 Å². The molecule has 0 aliphatic carbocycles. The van der Waals surface area contributed by atoms with Gasteiger partial charge in [-0.1, -0.05) is 45.0 Å². The van der Waals surface area contributed by atoms with Crippen molar-refractivity contribution in [2.45, 2.75) is 46.1 Å². The Balaban J connectivity index is 2.67. The SMILES string of the molecule is CCC(C)N(C)CC(=O)c1ccc(C(C)C)cc1. The highest BCUT2D eigenvalue weighted by atomic mass is 16.1. The molecule has 18 heavy (non-hydrogen) atoms. The molecule has 1 aromatic rings. The molecule has 0 saturated heterocycles. The smallest absolute Gasteiger partial charge is 0.176 e. The Morgan fingerprint density at radius 3 is 2.17 bits per heavy atom. The van der Waals surface area contributed by atoms with Gasteiger partial charge < -0.3 is 0 Å². The molecule has 0 radical (unpaired) electrons. The van der Waals surface area contributed by atoms with Crippen LogP contribution >= 0.6 is 0 Å². The average molecular weight is 247 g/mol. The van der Waals surface area contributed by atoms with Gasteiger partial charge in [0.2, 0.25) is 0 Å². The lowest BCUT2D eigenvalue weighted by Gasteiger charge is -2.22. The summed E-state index contributed by atoms with van der Waals surface area (Å²) >= 11 is 0. The minimum absolute atomic E-state index is 0.202. The quantitative estimate of drug-likeness (QED) is 0.714. The van der Waals surface area contributed by atoms with Crippen molar-refractivity contribution >= 4 is 5.78 Å². The van der Waals surface area contributed by atoms with Gasteiger partial charge in [0.1, 0.15) is 0 Å². The predicted octanol–water partition coefficient (Wildman–Crippen LogP) is 3.72. The van der Waals surface area contributed by atoms with Gasteiger partial charge in [-0.15, -0.1) is 0 Å². The Labute approximate surface area is 111 Å². The third-order valence-electron chi connectivity index (χ3n) is 3.64. The summed E-state index contributed by atoms with van der Waals surface area (Å²) in [6, 6.07) is 8.45. The van der Waals surface area contributed by atoms with Crippen LogP contribution in [0.4, 0.5) is 0 Å². The number of ketones is 1. The Morgan fingerprint density at radius 1 is 1.17 bits per heavy atom. The third kappa shape index (κ3) is 3.95. The van der Waals surface area contributed by atoms with Crippen LogP contribution in [0.15, 0.2) is 24.3 Å². The molecule has 0 bridgehead atoms. The number of benzene rings is 1. The third-order valence-corrected chi connectivity index (χ3v) is 3.64. The van der Waals surface area contributed by atoms with Gasteiger partial charge in [0.05, 0.1) is 6.54 Å². The molecule has 0 saturated carbocycles. The van der Waals surface area contributed by atoms with Crippen molar-refractivity contribution in [3.63, 3.8) is 0 Å². The van der Waals surface area contributed by atoms with Crippen molar-refractivity contribution < 1.29 is 4.79 Å². The van der Waals surface area contributed by atoms with E-state index in [1.54, 1.807) is 0 Å². The second-order valence-corrected chi connectivity index (χ2v) is 5.37. The molecule has 2 heteroatoms. The van der Waals surface area contributed by atoms with Crippen LogP contribution in [0, 0.1) is 0 Å². The molecule has 2 nitrogen and oxygen atoms in total. The number of nitrogens with zero attached hydrogens (tertiary/aromatic N) is 1. The number of rotatable bonds is 6. The standard InChI is InChI=1S/C16H25NO/c1-6-13(4)17(5)11-16(18)15-9-7-14(8-10-15)12(2)3/h7-10,12-13H,6,11H2,1-5H3. The highest BCUT2D eigenvalue weighted by Gasteiger charge is 2.13. The fraction of sp³-hybridized carbons (Fsp3) is 0.562. The summed E-state index contributed by atoms with van der Waals surface area (Å²) in [7, 11) is 2.01. The minimum atomic E-state index is 0.202. The molecule has 0 aliphatic rings. The Kier molecular flexibility index (Phi) is 5.54. The summed E-state index contributed by atoms with van der Waals surface area (Å²) in [5.74, 6) is 0.713. The molecule has 0 fully saturated rings. The van der Waals surface area contributed by atoms with Crippen molar-refractivity contribution in [3.8, 4) is 0 Å². The van der Waals surface area contributed by atoms with Crippen LogP contribution in [0.3, 0.4) is 0 Å². The number of Topliss-reactive ketones (excluding diaryl/α,β-unsaturated/α-hetero) is 1. The zero-order valence-electron chi connectivity index (χ0n) is 12.2. The first-order chi connectivity index (χ1) is 8.45. The summed E-state index contributed by atoms with van der Waals surface area (Å²) in [6.07, 6.45) is 1.07. The fourth-order valence-corrected chi connectivity index (χ4v) is 1.84. The van der Waals surface area contributed by atoms with Gasteiger partial charge in [-0.25, -0.2) is 0 Å². The van der Waals surface area contributed by atoms with Crippen molar-refractivity contribution in [2.24, 2.45) is 0 Å². The maximum atomic E-state index is 12.1. The van der Waals surface area contributed by atoms with E-state index in [1.165, 1.54) is 5.56 Å². The first-order valence-electron chi connectivity index (χ1n) is 6.79. The number of likely N-dealkylation sites (N-methyl/N-ethyl adjacent to an activating group) is 1. The molecule has 1 rings (SSSR count). The zero-order valence-corrected chi connectivity index (χ0v) is 12.2. The second-order valence-electron chi connectivity index (χ2n) is 5.37.